The average molecular weight is 286 g/mol. The third-order valence-corrected chi connectivity index (χ3v) is 3.48. The number of nitrogens with zero attached hydrogens (tertiary/aromatic N) is 2. The summed E-state index contributed by atoms with van der Waals surface area (Å²) >= 11 is 0. The maximum Gasteiger partial charge on any atom is 0.315 e. The molecule has 1 aromatic carbocycles. The predicted octanol–water partition coefficient (Wildman–Crippen LogP) is 1.71. The number of para-hydroxylation sites is 1. The Labute approximate surface area is 123 Å². The summed E-state index contributed by atoms with van der Waals surface area (Å²) in [6.45, 7) is 1.89. The van der Waals surface area contributed by atoms with Crippen molar-refractivity contribution >= 4 is 6.03 Å². The number of amides is 2. The number of imidazole rings is 1. The molecule has 0 fully saturated rings. The van der Waals surface area contributed by atoms with Gasteiger partial charge in [0.15, 0.2) is 0 Å². The van der Waals surface area contributed by atoms with Gasteiger partial charge in [-0.2, -0.15) is 0 Å². The minimum Gasteiger partial charge on any atom is -0.493 e. The summed E-state index contributed by atoms with van der Waals surface area (Å²) in [6, 6.07) is 7.66. The molecule has 2 amide bonds. The van der Waals surface area contributed by atoms with Crippen molar-refractivity contribution < 1.29 is 9.53 Å². The van der Waals surface area contributed by atoms with Gasteiger partial charge in [-0.1, -0.05) is 18.2 Å². The summed E-state index contributed by atoms with van der Waals surface area (Å²) in [6.07, 6.45) is 6.10. The van der Waals surface area contributed by atoms with E-state index >= 15 is 0 Å². The summed E-state index contributed by atoms with van der Waals surface area (Å²) in [7, 11) is 0. The van der Waals surface area contributed by atoms with Crippen molar-refractivity contribution in [2.24, 2.45) is 0 Å². The van der Waals surface area contributed by atoms with Crippen LogP contribution in [0.3, 0.4) is 0 Å². The fourth-order valence-corrected chi connectivity index (χ4v) is 2.42. The van der Waals surface area contributed by atoms with E-state index in [-0.39, 0.29) is 12.1 Å². The molecule has 21 heavy (non-hydrogen) atoms. The first-order valence-electron chi connectivity index (χ1n) is 7.05. The lowest BCUT2D eigenvalue weighted by Crippen LogP contribution is -2.40. The number of rotatable bonds is 4. The number of carbonyl (C=O) groups excluding carboxylic acids is 1. The molecule has 6 nitrogen and oxygen atoms in total. The van der Waals surface area contributed by atoms with Gasteiger partial charge in [0.1, 0.15) is 5.75 Å². The number of nitrogens with one attached hydrogen (secondary N) is 2. The van der Waals surface area contributed by atoms with Gasteiger partial charge in [-0.3, -0.25) is 0 Å². The highest BCUT2D eigenvalue weighted by Gasteiger charge is 2.22. The van der Waals surface area contributed by atoms with Crippen LogP contribution in [0.1, 0.15) is 18.0 Å². The Balaban J connectivity index is 1.51. The highest BCUT2D eigenvalue weighted by Crippen LogP contribution is 2.31. The highest BCUT2D eigenvalue weighted by atomic mass is 16.5. The maximum absolute atomic E-state index is 12.0. The van der Waals surface area contributed by atoms with E-state index in [0.717, 1.165) is 17.7 Å². The normalized spacial score (nSPS) is 16.7. The van der Waals surface area contributed by atoms with Crippen LogP contribution in [0.5, 0.6) is 5.75 Å². The van der Waals surface area contributed by atoms with Crippen molar-refractivity contribution in [1.29, 1.82) is 0 Å². The molecule has 1 atom stereocenters. The summed E-state index contributed by atoms with van der Waals surface area (Å²) in [5.41, 5.74) is 1.04. The molecule has 0 saturated carbocycles. The third kappa shape index (κ3) is 3.34. The smallest absolute Gasteiger partial charge is 0.315 e. The Morgan fingerprint density at radius 1 is 1.43 bits per heavy atom. The molecular formula is C15H18N4O2. The molecule has 1 aromatic heterocycles. The van der Waals surface area contributed by atoms with Crippen molar-refractivity contribution in [2.45, 2.75) is 19.0 Å². The van der Waals surface area contributed by atoms with Gasteiger partial charge >= 0.3 is 6.03 Å². The Hall–Kier alpha value is -2.50. The van der Waals surface area contributed by atoms with Crippen LogP contribution >= 0.6 is 0 Å². The molecular weight excluding hydrogens is 268 g/mol. The van der Waals surface area contributed by atoms with Gasteiger partial charge in [0.25, 0.3) is 0 Å². The van der Waals surface area contributed by atoms with Gasteiger partial charge in [0.05, 0.1) is 19.0 Å². The lowest BCUT2D eigenvalue weighted by molar-refractivity contribution is 0.223. The number of fused-ring (bicyclic) bond motifs is 1. The van der Waals surface area contributed by atoms with Gasteiger partial charge in [-0.15, -0.1) is 0 Å². The van der Waals surface area contributed by atoms with Gasteiger partial charge < -0.3 is 19.9 Å². The lowest BCUT2D eigenvalue weighted by atomic mass is 10.0. The predicted molar refractivity (Wildman–Crippen MR) is 78.1 cm³/mol. The van der Waals surface area contributed by atoms with E-state index in [4.69, 9.17) is 4.74 Å². The summed E-state index contributed by atoms with van der Waals surface area (Å²) < 4.78 is 7.50. The molecule has 0 saturated heterocycles. The first-order valence-corrected chi connectivity index (χ1v) is 7.05. The van der Waals surface area contributed by atoms with Crippen molar-refractivity contribution in [3.8, 4) is 5.75 Å². The monoisotopic (exact) mass is 286 g/mol. The molecule has 6 heteroatoms. The van der Waals surface area contributed by atoms with E-state index in [1.54, 1.807) is 12.5 Å². The van der Waals surface area contributed by atoms with Crippen LogP contribution in [0.4, 0.5) is 4.79 Å². The molecule has 3 rings (SSSR count). The second kappa shape index (κ2) is 6.30. The van der Waals surface area contributed by atoms with E-state index in [1.807, 2.05) is 35.0 Å². The SMILES string of the molecule is O=C(NCCn1ccnc1)N[C@@H]1CCOc2ccccc21. The quantitative estimate of drug-likeness (QED) is 0.899. The van der Waals surface area contributed by atoms with E-state index in [2.05, 4.69) is 15.6 Å². The summed E-state index contributed by atoms with van der Waals surface area (Å²) in [4.78, 5) is 15.9. The second-order valence-electron chi connectivity index (χ2n) is 4.93. The number of benzene rings is 1. The fourth-order valence-electron chi connectivity index (χ4n) is 2.42. The Morgan fingerprint density at radius 2 is 2.33 bits per heavy atom. The molecule has 110 valence electrons. The van der Waals surface area contributed by atoms with Crippen LogP contribution in [-0.2, 0) is 6.54 Å². The number of aromatic nitrogens is 2. The molecule has 0 spiro atoms. The zero-order chi connectivity index (χ0) is 14.5. The van der Waals surface area contributed by atoms with E-state index < -0.39 is 0 Å². The van der Waals surface area contributed by atoms with Crippen molar-refractivity contribution in [2.75, 3.05) is 13.2 Å². The minimum absolute atomic E-state index is 0.00296. The summed E-state index contributed by atoms with van der Waals surface area (Å²) in [5, 5.41) is 5.86. The maximum atomic E-state index is 12.0. The Bertz CT molecular complexity index is 597. The first-order chi connectivity index (χ1) is 10.3. The van der Waals surface area contributed by atoms with E-state index in [0.29, 0.717) is 19.7 Å². The Kier molecular flexibility index (Phi) is 4.04. The second-order valence-corrected chi connectivity index (χ2v) is 4.93. The fraction of sp³-hybridized carbons (Fsp3) is 0.333. The molecule has 0 unspecified atom stereocenters. The Morgan fingerprint density at radius 3 is 3.19 bits per heavy atom. The molecule has 2 aromatic rings. The van der Waals surface area contributed by atoms with E-state index in [9.17, 15) is 4.79 Å². The van der Waals surface area contributed by atoms with Gasteiger partial charge in [-0.05, 0) is 6.07 Å². The zero-order valence-electron chi connectivity index (χ0n) is 11.7. The molecule has 0 bridgehead atoms. The molecule has 2 heterocycles. The summed E-state index contributed by atoms with van der Waals surface area (Å²) in [5.74, 6) is 0.854. The standard InChI is InChI=1S/C15H18N4O2/c20-15(17-7-9-19-8-6-16-11-19)18-13-5-10-21-14-4-2-1-3-12(13)14/h1-4,6,8,11,13H,5,7,9-10H2,(H2,17,18,20)/t13-/m1/s1. The van der Waals surface area contributed by atoms with Crippen LogP contribution in [0, 0.1) is 0 Å². The van der Waals surface area contributed by atoms with Gasteiger partial charge in [-0.25, -0.2) is 9.78 Å². The largest absolute Gasteiger partial charge is 0.493 e. The third-order valence-electron chi connectivity index (χ3n) is 3.48. The first kappa shape index (κ1) is 13.5. The number of ether oxygens (including phenoxy) is 1. The lowest BCUT2D eigenvalue weighted by Gasteiger charge is -2.26. The minimum atomic E-state index is -0.156. The van der Waals surface area contributed by atoms with Crippen LogP contribution in [-0.4, -0.2) is 28.7 Å². The van der Waals surface area contributed by atoms with Crippen LogP contribution in [0.25, 0.3) is 0 Å². The van der Waals surface area contributed by atoms with Gasteiger partial charge in [0.2, 0.25) is 0 Å². The number of hydrogen-bond donors (Lipinski definition) is 2. The average Bonchev–Trinajstić information content (AvgIpc) is 3.01. The van der Waals surface area contributed by atoms with E-state index in [1.165, 1.54) is 0 Å². The topological polar surface area (TPSA) is 68.2 Å². The zero-order valence-corrected chi connectivity index (χ0v) is 11.7. The molecule has 2 N–H and O–H groups in total. The number of hydrogen-bond acceptors (Lipinski definition) is 3. The van der Waals surface area contributed by atoms with Crippen molar-refractivity contribution in [3.05, 3.63) is 48.5 Å². The molecule has 0 aliphatic carbocycles. The van der Waals surface area contributed by atoms with Crippen LogP contribution < -0.4 is 15.4 Å². The molecule has 1 aliphatic heterocycles. The molecule has 1 aliphatic rings. The van der Waals surface area contributed by atoms with Crippen molar-refractivity contribution in [1.82, 2.24) is 20.2 Å². The van der Waals surface area contributed by atoms with Crippen molar-refractivity contribution in [3.63, 3.8) is 0 Å². The highest BCUT2D eigenvalue weighted by molar-refractivity contribution is 5.74. The number of carbonyl (C=O) groups is 1. The number of urea groups is 1. The van der Waals surface area contributed by atoms with Crippen LogP contribution in [0.2, 0.25) is 0 Å². The van der Waals surface area contributed by atoms with Gasteiger partial charge in [0, 0.05) is 37.5 Å². The molecule has 0 radical (unpaired) electrons. The van der Waals surface area contributed by atoms with Crippen LogP contribution in [0.15, 0.2) is 43.0 Å².